The molecule has 1 atom stereocenters. The van der Waals surface area contributed by atoms with Crippen molar-refractivity contribution in [1.29, 1.82) is 0 Å². The van der Waals surface area contributed by atoms with Crippen LogP contribution in [0.3, 0.4) is 0 Å². The highest BCUT2D eigenvalue weighted by molar-refractivity contribution is 9.10. The van der Waals surface area contributed by atoms with E-state index in [-0.39, 0.29) is 5.91 Å². The molecular weight excluding hydrogens is 322 g/mol. The minimum atomic E-state index is -0.565. The van der Waals surface area contributed by atoms with Crippen molar-refractivity contribution in [1.82, 2.24) is 4.98 Å². The van der Waals surface area contributed by atoms with Gasteiger partial charge in [0.2, 0.25) is 0 Å². The molecule has 0 saturated heterocycles. The van der Waals surface area contributed by atoms with Crippen LogP contribution < -0.4 is 15.4 Å². The maximum atomic E-state index is 12.2. The Kier molecular flexibility index (Phi) is 3.56. The number of para-hydroxylation sites is 2. The number of nitrogens with zero attached hydrogens (tertiary/aromatic N) is 1. The minimum Gasteiger partial charge on any atom is -0.477 e. The summed E-state index contributed by atoms with van der Waals surface area (Å²) in [5.41, 5.74) is 1.58. The van der Waals surface area contributed by atoms with Gasteiger partial charge in [-0.1, -0.05) is 12.1 Å². The van der Waals surface area contributed by atoms with E-state index >= 15 is 0 Å². The highest BCUT2D eigenvalue weighted by Crippen LogP contribution is 2.28. The summed E-state index contributed by atoms with van der Waals surface area (Å²) in [6.45, 7) is 0.436. The number of carbonyl (C=O) groups excluding carboxylic acids is 1. The van der Waals surface area contributed by atoms with Crippen molar-refractivity contribution in [2.24, 2.45) is 0 Å². The minimum absolute atomic E-state index is 0.195. The molecule has 1 amide bonds. The van der Waals surface area contributed by atoms with Crippen LogP contribution in [0.25, 0.3) is 0 Å². The second-order valence-corrected chi connectivity index (χ2v) is 5.18. The lowest BCUT2D eigenvalue weighted by molar-refractivity contribution is -0.122. The predicted octanol–water partition coefficient (Wildman–Crippen LogP) is 2.66. The summed E-state index contributed by atoms with van der Waals surface area (Å²) in [4.78, 5) is 16.2. The van der Waals surface area contributed by atoms with Gasteiger partial charge in [-0.2, -0.15) is 0 Å². The highest BCUT2D eigenvalue weighted by Gasteiger charge is 2.25. The number of rotatable bonds is 2. The summed E-state index contributed by atoms with van der Waals surface area (Å²) in [6.07, 6.45) is 2.69. The van der Waals surface area contributed by atoms with Crippen molar-refractivity contribution >= 4 is 33.2 Å². The zero-order valence-electron chi connectivity index (χ0n) is 10.5. The van der Waals surface area contributed by atoms with Crippen LogP contribution in [-0.4, -0.2) is 23.5 Å². The van der Waals surface area contributed by atoms with Crippen LogP contribution in [0, 0.1) is 0 Å². The Morgan fingerprint density at radius 3 is 3.10 bits per heavy atom. The van der Waals surface area contributed by atoms with Gasteiger partial charge in [0.25, 0.3) is 5.91 Å². The van der Waals surface area contributed by atoms with E-state index in [2.05, 4.69) is 31.5 Å². The molecule has 0 aliphatic carbocycles. The Morgan fingerprint density at radius 1 is 1.40 bits per heavy atom. The summed E-state index contributed by atoms with van der Waals surface area (Å²) < 4.78 is 6.43. The molecular formula is C14H12BrN3O2. The number of nitrogens with one attached hydrogen (secondary N) is 2. The third kappa shape index (κ3) is 2.60. The summed E-state index contributed by atoms with van der Waals surface area (Å²) in [7, 11) is 0. The molecule has 0 fully saturated rings. The average molecular weight is 334 g/mol. The Hall–Kier alpha value is -2.08. The zero-order valence-corrected chi connectivity index (χ0v) is 12.1. The molecule has 0 radical (unpaired) electrons. The molecule has 20 heavy (non-hydrogen) atoms. The Morgan fingerprint density at radius 2 is 2.25 bits per heavy atom. The Balaban J connectivity index is 1.72. The number of carbonyl (C=O) groups is 1. The van der Waals surface area contributed by atoms with Crippen molar-refractivity contribution in [2.75, 3.05) is 17.2 Å². The van der Waals surface area contributed by atoms with Crippen LogP contribution in [0.4, 0.5) is 11.4 Å². The number of fused-ring (bicyclic) bond motifs is 1. The lowest BCUT2D eigenvalue weighted by Gasteiger charge is -2.26. The van der Waals surface area contributed by atoms with Crippen LogP contribution in [0.1, 0.15) is 0 Å². The molecule has 1 unspecified atom stereocenters. The molecule has 1 aromatic carbocycles. The van der Waals surface area contributed by atoms with E-state index in [0.717, 1.165) is 10.2 Å². The van der Waals surface area contributed by atoms with Gasteiger partial charge in [-0.05, 0) is 34.1 Å². The first-order valence-electron chi connectivity index (χ1n) is 6.14. The molecule has 2 N–H and O–H groups in total. The van der Waals surface area contributed by atoms with Gasteiger partial charge >= 0.3 is 0 Å². The number of halogens is 1. The number of hydrogen-bond acceptors (Lipinski definition) is 4. The molecule has 0 bridgehead atoms. The number of ether oxygens (including phenoxy) is 1. The zero-order chi connectivity index (χ0) is 13.9. The molecule has 2 aromatic rings. The number of aromatic nitrogens is 1. The Bertz CT molecular complexity index is 648. The maximum absolute atomic E-state index is 12.2. The van der Waals surface area contributed by atoms with Gasteiger partial charge in [0.15, 0.2) is 6.10 Å². The van der Waals surface area contributed by atoms with Crippen molar-refractivity contribution in [3.63, 3.8) is 0 Å². The topological polar surface area (TPSA) is 63.2 Å². The number of hydrogen-bond donors (Lipinski definition) is 2. The fourth-order valence-corrected chi connectivity index (χ4v) is 2.30. The van der Waals surface area contributed by atoms with Gasteiger partial charge in [-0.15, -0.1) is 0 Å². The van der Waals surface area contributed by atoms with E-state index in [1.165, 1.54) is 0 Å². The molecule has 1 aliphatic heterocycles. The summed E-state index contributed by atoms with van der Waals surface area (Å²) in [6, 6.07) is 9.28. The quantitative estimate of drug-likeness (QED) is 0.886. The summed E-state index contributed by atoms with van der Waals surface area (Å²) >= 11 is 3.34. The van der Waals surface area contributed by atoms with E-state index in [4.69, 9.17) is 4.74 Å². The molecule has 2 heterocycles. The SMILES string of the molecule is O=C(Nc1ccncc1Br)C1CNc2ccccc2O1. The second kappa shape index (κ2) is 5.50. The predicted molar refractivity (Wildman–Crippen MR) is 79.9 cm³/mol. The van der Waals surface area contributed by atoms with Gasteiger partial charge in [0, 0.05) is 12.4 Å². The first-order chi connectivity index (χ1) is 9.74. The third-order valence-electron chi connectivity index (χ3n) is 2.96. The standard InChI is InChI=1S/C14H12BrN3O2/c15-9-7-16-6-5-10(9)18-14(19)13-8-17-11-3-1-2-4-12(11)20-13/h1-7,13,17H,8H2,(H,16,18,19). The van der Waals surface area contributed by atoms with Crippen molar-refractivity contribution in [3.05, 3.63) is 47.2 Å². The summed E-state index contributed by atoms with van der Waals surface area (Å²) in [5.74, 6) is 0.492. The third-order valence-corrected chi connectivity index (χ3v) is 3.59. The maximum Gasteiger partial charge on any atom is 0.267 e. The molecule has 1 aromatic heterocycles. The number of amides is 1. The van der Waals surface area contributed by atoms with Crippen LogP contribution in [0.5, 0.6) is 5.75 Å². The lowest BCUT2D eigenvalue weighted by atomic mass is 10.2. The Labute approximate surface area is 124 Å². The van der Waals surface area contributed by atoms with Gasteiger partial charge in [-0.25, -0.2) is 0 Å². The van der Waals surface area contributed by atoms with E-state index in [1.54, 1.807) is 18.5 Å². The van der Waals surface area contributed by atoms with E-state index in [9.17, 15) is 4.79 Å². The van der Waals surface area contributed by atoms with Crippen molar-refractivity contribution in [3.8, 4) is 5.75 Å². The molecule has 102 valence electrons. The van der Waals surface area contributed by atoms with Crippen molar-refractivity contribution in [2.45, 2.75) is 6.10 Å². The molecule has 5 nitrogen and oxygen atoms in total. The van der Waals surface area contributed by atoms with Crippen LogP contribution >= 0.6 is 15.9 Å². The van der Waals surface area contributed by atoms with Gasteiger partial charge in [0.1, 0.15) is 5.75 Å². The van der Waals surface area contributed by atoms with Gasteiger partial charge in [-0.3, -0.25) is 9.78 Å². The molecule has 3 rings (SSSR count). The van der Waals surface area contributed by atoms with Gasteiger partial charge in [0.05, 0.1) is 22.4 Å². The first kappa shape index (κ1) is 12.9. The van der Waals surface area contributed by atoms with E-state index in [0.29, 0.717) is 18.0 Å². The van der Waals surface area contributed by atoms with Gasteiger partial charge < -0.3 is 15.4 Å². The normalized spacial score (nSPS) is 16.6. The monoisotopic (exact) mass is 333 g/mol. The molecule has 6 heteroatoms. The summed E-state index contributed by atoms with van der Waals surface area (Å²) in [5, 5.41) is 6.00. The number of benzene rings is 1. The van der Waals surface area contributed by atoms with E-state index in [1.807, 2.05) is 24.3 Å². The number of anilines is 2. The van der Waals surface area contributed by atoms with E-state index < -0.39 is 6.10 Å². The largest absolute Gasteiger partial charge is 0.477 e. The fourth-order valence-electron chi connectivity index (χ4n) is 1.95. The fraction of sp³-hybridized carbons (Fsp3) is 0.143. The second-order valence-electron chi connectivity index (χ2n) is 4.33. The van der Waals surface area contributed by atoms with Crippen LogP contribution in [-0.2, 0) is 4.79 Å². The van der Waals surface area contributed by atoms with Crippen LogP contribution in [0.2, 0.25) is 0 Å². The van der Waals surface area contributed by atoms with Crippen LogP contribution in [0.15, 0.2) is 47.2 Å². The van der Waals surface area contributed by atoms with Crippen molar-refractivity contribution < 1.29 is 9.53 Å². The first-order valence-corrected chi connectivity index (χ1v) is 6.93. The average Bonchev–Trinajstić information content (AvgIpc) is 2.49. The smallest absolute Gasteiger partial charge is 0.267 e. The molecule has 0 saturated carbocycles. The highest BCUT2D eigenvalue weighted by atomic mass is 79.9. The number of pyridine rings is 1. The molecule has 0 spiro atoms. The lowest BCUT2D eigenvalue weighted by Crippen LogP contribution is -2.41. The molecule has 1 aliphatic rings.